The molecule has 1 saturated heterocycles. The van der Waals surface area contributed by atoms with Crippen LogP contribution in [0.1, 0.15) is 16.7 Å². The highest BCUT2D eigenvalue weighted by molar-refractivity contribution is 7.12. The summed E-state index contributed by atoms with van der Waals surface area (Å²) < 4.78 is 0. The molecule has 5 nitrogen and oxygen atoms in total. The molecule has 1 aromatic rings. The van der Waals surface area contributed by atoms with Gasteiger partial charge in [0.25, 0.3) is 0 Å². The van der Waals surface area contributed by atoms with E-state index in [4.69, 9.17) is 5.11 Å². The quantitative estimate of drug-likeness (QED) is 0.812. The zero-order valence-corrected chi connectivity index (χ0v) is 11.4. The van der Waals surface area contributed by atoms with Gasteiger partial charge in [-0.05, 0) is 25.1 Å². The Hall–Kier alpha value is -1.66. The number of carbonyl (C=O) groups excluding carboxylic acids is 1. The molecule has 2 N–H and O–H groups in total. The van der Waals surface area contributed by atoms with Gasteiger partial charge in [-0.3, -0.25) is 9.69 Å². The molecule has 0 aromatic carbocycles. The van der Waals surface area contributed by atoms with E-state index in [-0.39, 0.29) is 11.9 Å². The molecule has 1 fully saturated rings. The average molecular weight is 280 g/mol. The number of hydrogen-bond acceptors (Lipinski definition) is 4. The SMILES string of the molecule is CC1C(=O)NCCN1Cc1ccc(/C=C/C(=O)O)s1. The minimum atomic E-state index is -0.948. The minimum absolute atomic E-state index is 0.0637. The summed E-state index contributed by atoms with van der Waals surface area (Å²) in [6.45, 7) is 4.14. The van der Waals surface area contributed by atoms with Gasteiger partial charge in [0.2, 0.25) is 5.91 Å². The Morgan fingerprint density at radius 2 is 2.42 bits per heavy atom. The first-order valence-corrected chi connectivity index (χ1v) is 6.89. The van der Waals surface area contributed by atoms with E-state index in [1.54, 1.807) is 17.4 Å². The van der Waals surface area contributed by atoms with Crippen LogP contribution in [0.4, 0.5) is 0 Å². The molecule has 102 valence electrons. The Labute approximate surface area is 115 Å². The molecule has 1 aromatic heterocycles. The highest BCUT2D eigenvalue weighted by Crippen LogP contribution is 2.21. The maximum absolute atomic E-state index is 11.6. The number of nitrogens with zero attached hydrogens (tertiary/aromatic N) is 1. The first-order chi connectivity index (χ1) is 9.06. The topological polar surface area (TPSA) is 69.6 Å². The van der Waals surface area contributed by atoms with E-state index in [9.17, 15) is 9.59 Å². The standard InChI is InChI=1S/C13H16N2O3S/c1-9-13(18)14-6-7-15(9)8-11-3-2-10(19-11)4-5-12(16)17/h2-5,9H,6-8H2,1H3,(H,14,18)(H,16,17)/b5-4+. The van der Waals surface area contributed by atoms with E-state index in [1.807, 2.05) is 19.1 Å². The third kappa shape index (κ3) is 3.65. The number of amides is 1. The molecule has 1 unspecified atom stereocenters. The number of thiophene rings is 1. The van der Waals surface area contributed by atoms with Crippen LogP contribution < -0.4 is 5.32 Å². The smallest absolute Gasteiger partial charge is 0.328 e. The molecule has 0 bridgehead atoms. The van der Waals surface area contributed by atoms with Gasteiger partial charge in [0, 0.05) is 35.5 Å². The predicted octanol–water partition coefficient (Wildman–Crippen LogP) is 1.17. The van der Waals surface area contributed by atoms with E-state index < -0.39 is 5.97 Å². The summed E-state index contributed by atoms with van der Waals surface area (Å²) in [6, 6.07) is 3.76. The maximum atomic E-state index is 11.6. The lowest BCUT2D eigenvalue weighted by Crippen LogP contribution is -2.53. The second-order valence-electron chi connectivity index (χ2n) is 4.41. The van der Waals surface area contributed by atoms with Crippen LogP contribution in [0.2, 0.25) is 0 Å². The van der Waals surface area contributed by atoms with E-state index in [0.29, 0.717) is 6.54 Å². The fourth-order valence-corrected chi connectivity index (χ4v) is 2.91. The van der Waals surface area contributed by atoms with Crippen LogP contribution in [0.25, 0.3) is 6.08 Å². The largest absolute Gasteiger partial charge is 0.478 e. The van der Waals surface area contributed by atoms with Gasteiger partial charge in [-0.15, -0.1) is 11.3 Å². The van der Waals surface area contributed by atoms with Gasteiger partial charge in [0.1, 0.15) is 0 Å². The fourth-order valence-electron chi connectivity index (χ4n) is 1.97. The number of hydrogen-bond donors (Lipinski definition) is 2. The number of nitrogens with one attached hydrogen (secondary N) is 1. The number of carboxylic acid groups (broad SMARTS) is 1. The Morgan fingerprint density at radius 3 is 3.16 bits per heavy atom. The number of piperazine rings is 1. The molecule has 6 heteroatoms. The first-order valence-electron chi connectivity index (χ1n) is 6.08. The second-order valence-corrected chi connectivity index (χ2v) is 5.61. The molecule has 1 atom stereocenters. The number of aliphatic carboxylic acids is 1. The molecule has 2 rings (SSSR count). The van der Waals surface area contributed by atoms with E-state index in [1.165, 1.54) is 0 Å². The van der Waals surface area contributed by atoms with Crippen LogP contribution >= 0.6 is 11.3 Å². The minimum Gasteiger partial charge on any atom is -0.478 e. The van der Waals surface area contributed by atoms with Gasteiger partial charge in [0.15, 0.2) is 0 Å². The summed E-state index contributed by atoms with van der Waals surface area (Å²) >= 11 is 1.55. The van der Waals surface area contributed by atoms with Crippen LogP contribution in [0.15, 0.2) is 18.2 Å². The van der Waals surface area contributed by atoms with Crippen LogP contribution in [0.5, 0.6) is 0 Å². The molecule has 1 aliphatic rings. The molecule has 2 heterocycles. The van der Waals surface area contributed by atoms with Crippen LogP contribution in [-0.2, 0) is 16.1 Å². The van der Waals surface area contributed by atoms with Crippen molar-refractivity contribution < 1.29 is 14.7 Å². The molecule has 19 heavy (non-hydrogen) atoms. The zero-order chi connectivity index (χ0) is 13.8. The van der Waals surface area contributed by atoms with E-state index >= 15 is 0 Å². The van der Waals surface area contributed by atoms with Crippen molar-refractivity contribution in [3.63, 3.8) is 0 Å². The maximum Gasteiger partial charge on any atom is 0.328 e. The third-order valence-electron chi connectivity index (χ3n) is 3.06. The summed E-state index contributed by atoms with van der Waals surface area (Å²) in [5.74, 6) is -0.884. The molecule has 0 radical (unpaired) electrons. The van der Waals surface area contributed by atoms with Gasteiger partial charge >= 0.3 is 5.97 Å². The Balaban J connectivity index is 1.99. The Kier molecular flexibility index (Phi) is 4.34. The van der Waals surface area contributed by atoms with Crippen molar-refractivity contribution in [1.29, 1.82) is 0 Å². The summed E-state index contributed by atoms with van der Waals surface area (Å²) in [5.41, 5.74) is 0. The Morgan fingerprint density at radius 1 is 1.63 bits per heavy atom. The lowest BCUT2D eigenvalue weighted by molar-refractivity contribution is -0.131. The van der Waals surface area contributed by atoms with Gasteiger partial charge < -0.3 is 10.4 Å². The van der Waals surface area contributed by atoms with Gasteiger partial charge in [-0.2, -0.15) is 0 Å². The van der Waals surface area contributed by atoms with Gasteiger partial charge in [-0.1, -0.05) is 0 Å². The lowest BCUT2D eigenvalue weighted by Gasteiger charge is -2.32. The van der Waals surface area contributed by atoms with Crippen molar-refractivity contribution in [2.45, 2.75) is 19.5 Å². The number of rotatable bonds is 4. The monoisotopic (exact) mass is 280 g/mol. The highest BCUT2D eigenvalue weighted by atomic mass is 32.1. The van der Waals surface area contributed by atoms with Crippen molar-refractivity contribution in [3.8, 4) is 0 Å². The molecular weight excluding hydrogens is 264 g/mol. The average Bonchev–Trinajstić information content (AvgIpc) is 2.80. The second kappa shape index (κ2) is 5.99. The third-order valence-corrected chi connectivity index (χ3v) is 4.09. The number of carbonyl (C=O) groups is 2. The summed E-state index contributed by atoms with van der Waals surface area (Å²) in [7, 11) is 0. The summed E-state index contributed by atoms with van der Waals surface area (Å²) in [6.07, 6.45) is 2.72. The van der Waals surface area contributed by atoms with Crippen LogP contribution in [-0.4, -0.2) is 41.0 Å². The lowest BCUT2D eigenvalue weighted by atomic mass is 10.2. The molecule has 0 aliphatic carbocycles. The molecular formula is C13H16N2O3S. The predicted molar refractivity (Wildman–Crippen MR) is 73.9 cm³/mol. The summed E-state index contributed by atoms with van der Waals surface area (Å²) in [4.78, 5) is 26.2. The van der Waals surface area contributed by atoms with Crippen molar-refractivity contribution >= 4 is 29.3 Å². The zero-order valence-electron chi connectivity index (χ0n) is 10.6. The van der Waals surface area contributed by atoms with Crippen molar-refractivity contribution in [3.05, 3.63) is 28.0 Å². The van der Waals surface area contributed by atoms with E-state index in [0.717, 1.165) is 28.9 Å². The molecule has 1 aliphatic heterocycles. The molecule has 0 spiro atoms. The molecule has 1 amide bonds. The normalized spacial score (nSPS) is 20.7. The van der Waals surface area contributed by atoms with Crippen LogP contribution in [0, 0.1) is 0 Å². The highest BCUT2D eigenvalue weighted by Gasteiger charge is 2.25. The molecule has 0 saturated carbocycles. The Bertz CT molecular complexity index is 510. The first kappa shape index (κ1) is 13.8. The van der Waals surface area contributed by atoms with Gasteiger partial charge in [0.05, 0.1) is 6.04 Å². The van der Waals surface area contributed by atoms with Gasteiger partial charge in [-0.25, -0.2) is 4.79 Å². The number of carboxylic acids is 1. The summed E-state index contributed by atoms with van der Waals surface area (Å²) in [5, 5.41) is 11.4. The van der Waals surface area contributed by atoms with Crippen molar-refractivity contribution in [2.24, 2.45) is 0 Å². The van der Waals surface area contributed by atoms with E-state index in [2.05, 4.69) is 10.2 Å². The van der Waals surface area contributed by atoms with Crippen molar-refractivity contribution in [2.75, 3.05) is 13.1 Å². The van der Waals surface area contributed by atoms with Crippen LogP contribution in [0.3, 0.4) is 0 Å². The fraction of sp³-hybridized carbons (Fsp3) is 0.385. The van der Waals surface area contributed by atoms with Crippen molar-refractivity contribution in [1.82, 2.24) is 10.2 Å².